The molecule has 1 aliphatic carbocycles. The van der Waals surface area contributed by atoms with E-state index in [9.17, 15) is 9.59 Å². The lowest BCUT2D eigenvalue weighted by Gasteiger charge is -2.13. The summed E-state index contributed by atoms with van der Waals surface area (Å²) in [5.41, 5.74) is 0.790. The van der Waals surface area contributed by atoms with Crippen molar-refractivity contribution in [1.29, 1.82) is 0 Å². The molecule has 0 fully saturated rings. The SMILES string of the molecule is CSc1nnc(NC(=O)c2onc3c2CCC(Br)C3=O)s1. The molecule has 2 aromatic rings. The summed E-state index contributed by atoms with van der Waals surface area (Å²) in [6.07, 6.45) is 3.05. The van der Waals surface area contributed by atoms with Crippen LogP contribution in [-0.2, 0) is 6.42 Å². The van der Waals surface area contributed by atoms with Gasteiger partial charge in [0.15, 0.2) is 15.8 Å². The molecule has 1 unspecified atom stereocenters. The van der Waals surface area contributed by atoms with Crippen LogP contribution in [0.5, 0.6) is 0 Å². The molecule has 0 saturated heterocycles. The van der Waals surface area contributed by atoms with Crippen LogP contribution in [0.25, 0.3) is 0 Å². The molecule has 10 heteroatoms. The molecular weight excluding hydrogens is 380 g/mol. The number of alkyl halides is 1. The van der Waals surface area contributed by atoms with E-state index >= 15 is 0 Å². The molecule has 1 aliphatic rings. The van der Waals surface area contributed by atoms with Crippen molar-refractivity contribution < 1.29 is 14.1 Å². The van der Waals surface area contributed by atoms with Crippen molar-refractivity contribution in [2.45, 2.75) is 22.0 Å². The highest BCUT2D eigenvalue weighted by molar-refractivity contribution is 9.10. The van der Waals surface area contributed by atoms with Crippen molar-refractivity contribution in [3.8, 4) is 0 Å². The average molecular weight is 389 g/mol. The number of carbonyl (C=O) groups is 2. The summed E-state index contributed by atoms with van der Waals surface area (Å²) in [6, 6.07) is 0. The first-order valence-electron chi connectivity index (χ1n) is 5.96. The smallest absolute Gasteiger partial charge is 0.296 e. The van der Waals surface area contributed by atoms with E-state index in [1.807, 2.05) is 6.26 Å². The monoisotopic (exact) mass is 388 g/mol. The number of Topliss-reactive ketones (excluding diaryl/α,β-unsaturated/α-hetero) is 1. The van der Waals surface area contributed by atoms with E-state index in [0.717, 1.165) is 4.34 Å². The van der Waals surface area contributed by atoms with E-state index in [-0.39, 0.29) is 22.1 Å². The predicted octanol–water partition coefficient (Wildman–Crippen LogP) is 2.39. The molecule has 0 bridgehead atoms. The van der Waals surface area contributed by atoms with E-state index in [1.165, 1.54) is 23.1 Å². The summed E-state index contributed by atoms with van der Waals surface area (Å²) in [4.78, 5) is 23.9. The minimum absolute atomic E-state index is 0.0682. The van der Waals surface area contributed by atoms with Gasteiger partial charge in [-0.3, -0.25) is 14.9 Å². The number of ketones is 1. The van der Waals surface area contributed by atoms with Crippen molar-refractivity contribution in [2.75, 3.05) is 11.6 Å². The number of nitrogens with zero attached hydrogens (tertiary/aromatic N) is 3. The number of rotatable bonds is 3. The molecule has 0 radical (unpaired) electrons. The zero-order chi connectivity index (χ0) is 15.0. The van der Waals surface area contributed by atoms with Crippen LogP contribution in [0, 0.1) is 0 Å². The zero-order valence-corrected chi connectivity index (χ0v) is 14.0. The minimum Gasteiger partial charge on any atom is -0.350 e. The van der Waals surface area contributed by atoms with E-state index in [0.29, 0.717) is 23.5 Å². The van der Waals surface area contributed by atoms with Crippen molar-refractivity contribution in [2.24, 2.45) is 0 Å². The molecule has 0 aromatic carbocycles. The Balaban J connectivity index is 1.83. The summed E-state index contributed by atoms with van der Waals surface area (Å²) < 4.78 is 5.80. The molecule has 3 rings (SSSR count). The summed E-state index contributed by atoms with van der Waals surface area (Å²) in [6.45, 7) is 0. The van der Waals surface area contributed by atoms with Crippen LogP contribution in [0.2, 0.25) is 0 Å². The first-order chi connectivity index (χ1) is 10.1. The Bertz CT molecular complexity index is 714. The first kappa shape index (κ1) is 14.7. The predicted molar refractivity (Wildman–Crippen MR) is 81.5 cm³/mol. The van der Waals surface area contributed by atoms with Gasteiger partial charge in [0.1, 0.15) is 0 Å². The van der Waals surface area contributed by atoms with Gasteiger partial charge in [0.2, 0.25) is 10.9 Å². The number of amides is 1. The van der Waals surface area contributed by atoms with E-state index in [4.69, 9.17) is 4.52 Å². The van der Waals surface area contributed by atoms with Crippen LogP contribution >= 0.6 is 39.0 Å². The minimum atomic E-state index is -0.464. The van der Waals surface area contributed by atoms with Crippen LogP contribution < -0.4 is 5.32 Å². The highest BCUT2D eigenvalue weighted by Crippen LogP contribution is 2.29. The molecular formula is C11H9BrN4O3S2. The van der Waals surface area contributed by atoms with Gasteiger partial charge in [-0.2, -0.15) is 0 Å². The fraction of sp³-hybridized carbons (Fsp3) is 0.364. The van der Waals surface area contributed by atoms with Crippen molar-refractivity contribution >= 4 is 55.9 Å². The van der Waals surface area contributed by atoms with Crippen LogP contribution in [0.3, 0.4) is 0 Å². The molecule has 1 N–H and O–H groups in total. The standard InChI is InChI=1S/C11H9BrN4O3S2/c1-20-11-15-14-10(21-11)13-9(18)8-4-2-3-5(12)7(17)6(4)16-19-8/h5H,2-3H2,1H3,(H,13,14,18). The number of aromatic nitrogens is 3. The van der Waals surface area contributed by atoms with Gasteiger partial charge in [-0.15, -0.1) is 10.2 Å². The van der Waals surface area contributed by atoms with Gasteiger partial charge in [-0.05, 0) is 19.1 Å². The molecule has 2 heterocycles. The molecule has 21 heavy (non-hydrogen) atoms. The number of halogens is 1. The molecule has 7 nitrogen and oxygen atoms in total. The van der Waals surface area contributed by atoms with E-state index < -0.39 is 5.91 Å². The molecule has 1 amide bonds. The van der Waals surface area contributed by atoms with Gasteiger partial charge in [0.25, 0.3) is 5.91 Å². The van der Waals surface area contributed by atoms with E-state index in [1.54, 1.807) is 0 Å². The van der Waals surface area contributed by atoms with Crippen LogP contribution in [0.4, 0.5) is 5.13 Å². The summed E-state index contributed by atoms with van der Waals surface area (Å²) >= 11 is 6.00. The Morgan fingerprint density at radius 2 is 2.33 bits per heavy atom. The second kappa shape index (κ2) is 5.85. The van der Waals surface area contributed by atoms with Gasteiger partial charge in [0.05, 0.1) is 4.83 Å². The number of anilines is 1. The number of fused-ring (bicyclic) bond motifs is 1. The largest absolute Gasteiger partial charge is 0.350 e. The third kappa shape index (κ3) is 2.74. The highest BCUT2D eigenvalue weighted by Gasteiger charge is 2.33. The number of hydrogen-bond acceptors (Lipinski definition) is 8. The molecule has 0 spiro atoms. The molecule has 0 saturated carbocycles. The van der Waals surface area contributed by atoms with Crippen molar-refractivity contribution in [3.63, 3.8) is 0 Å². The number of thioether (sulfide) groups is 1. The second-order valence-electron chi connectivity index (χ2n) is 4.24. The number of hydrogen-bond donors (Lipinski definition) is 1. The summed E-state index contributed by atoms with van der Waals surface area (Å²) in [7, 11) is 0. The van der Waals surface area contributed by atoms with Gasteiger partial charge < -0.3 is 4.52 Å². The Hall–Kier alpha value is -1.26. The van der Waals surface area contributed by atoms with E-state index in [2.05, 4.69) is 36.6 Å². The van der Waals surface area contributed by atoms with Crippen molar-refractivity contribution in [1.82, 2.24) is 15.4 Å². The Labute approximate surface area is 136 Å². The lowest BCUT2D eigenvalue weighted by molar-refractivity contribution is 0.0966. The lowest BCUT2D eigenvalue weighted by Crippen LogP contribution is -2.23. The quantitative estimate of drug-likeness (QED) is 0.489. The maximum absolute atomic E-state index is 12.2. The summed E-state index contributed by atoms with van der Waals surface area (Å²) in [5, 5.41) is 14.5. The summed E-state index contributed by atoms with van der Waals surface area (Å²) in [5.74, 6) is -0.549. The average Bonchev–Trinajstić information content (AvgIpc) is 3.09. The zero-order valence-electron chi connectivity index (χ0n) is 10.8. The normalized spacial score (nSPS) is 17.6. The van der Waals surface area contributed by atoms with Crippen molar-refractivity contribution in [3.05, 3.63) is 17.0 Å². The van der Waals surface area contributed by atoms with Gasteiger partial charge in [-0.25, -0.2) is 0 Å². The maximum atomic E-state index is 12.2. The van der Waals surface area contributed by atoms with Gasteiger partial charge in [0, 0.05) is 5.56 Å². The van der Waals surface area contributed by atoms with Crippen LogP contribution in [-0.4, -0.2) is 38.1 Å². The maximum Gasteiger partial charge on any atom is 0.296 e. The first-order valence-corrected chi connectivity index (χ1v) is 8.91. The Morgan fingerprint density at radius 3 is 3.05 bits per heavy atom. The van der Waals surface area contributed by atoms with Gasteiger partial charge in [-0.1, -0.05) is 44.2 Å². The second-order valence-corrected chi connectivity index (χ2v) is 7.38. The molecule has 110 valence electrons. The fourth-order valence-corrected chi connectivity index (χ4v) is 3.57. The Morgan fingerprint density at radius 1 is 1.52 bits per heavy atom. The topological polar surface area (TPSA) is 98.0 Å². The third-order valence-electron chi connectivity index (χ3n) is 2.96. The number of carbonyl (C=O) groups excluding carboxylic acids is 2. The molecule has 2 aromatic heterocycles. The van der Waals surface area contributed by atoms with Gasteiger partial charge >= 0.3 is 0 Å². The molecule has 1 atom stereocenters. The molecule has 0 aliphatic heterocycles. The number of nitrogens with one attached hydrogen (secondary N) is 1. The third-order valence-corrected chi connectivity index (χ3v) is 5.65. The highest BCUT2D eigenvalue weighted by atomic mass is 79.9. The fourth-order valence-electron chi connectivity index (χ4n) is 1.96. The van der Waals surface area contributed by atoms with Crippen LogP contribution in [0.1, 0.15) is 33.0 Å². The lowest BCUT2D eigenvalue weighted by atomic mass is 9.95. The Kier molecular flexibility index (Phi) is 4.09. The van der Waals surface area contributed by atoms with Crippen LogP contribution in [0.15, 0.2) is 8.86 Å².